The molecule has 2 aromatic carbocycles. The summed E-state index contributed by atoms with van der Waals surface area (Å²) in [7, 11) is 0. The van der Waals surface area contributed by atoms with Gasteiger partial charge in [0.05, 0.1) is 12.4 Å². The number of hydrogen-bond donors (Lipinski definition) is 1. The summed E-state index contributed by atoms with van der Waals surface area (Å²) in [4.78, 5) is 12.1. The quantitative estimate of drug-likeness (QED) is 0.836. The fourth-order valence-electron chi connectivity index (χ4n) is 2.92. The van der Waals surface area contributed by atoms with E-state index in [0.717, 1.165) is 31.0 Å². The Morgan fingerprint density at radius 1 is 1.21 bits per heavy atom. The van der Waals surface area contributed by atoms with Gasteiger partial charge in [-0.25, -0.2) is 0 Å². The Kier molecular flexibility index (Phi) is 5.81. The summed E-state index contributed by atoms with van der Waals surface area (Å²) in [5.41, 5.74) is 3.79. The highest BCUT2D eigenvalue weighted by Crippen LogP contribution is 2.26. The lowest BCUT2D eigenvalue weighted by atomic mass is 10.0. The first-order valence-electron chi connectivity index (χ1n) is 8.36. The van der Waals surface area contributed by atoms with Gasteiger partial charge in [-0.3, -0.25) is 4.79 Å². The van der Waals surface area contributed by atoms with Crippen molar-refractivity contribution in [2.24, 2.45) is 0 Å². The number of fused-ring (bicyclic) bond motifs is 1. The summed E-state index contributed by atoms with van der Waals surface area (Å²) in [6.45, 7) is 2.84. The van der Waals surface area contributed by atoms with Gasteiger partial charge in [-0.05, 0) is 36.1 Å². The highest BCUT2D eigenvalue weighted by atomic mass is 32.2. The standard InChI is InChI=1S/C20H23NO2S/c1-15(11-17-7-8-19-18(12-17)9-10-23-19)21-20(22)14-24-13-16-5-3-2-4-6-16/h2-8,12,15H,9-11,13-14H2,1H3,(H,21,22). The van der Waals surface area contributed by atoms with Crippen molar-refractivity contribution in [2.75, 3.05) is 12.4 Å². The second kappa shape index (κ2) is 8.25. The molecule has 1 aliphatic rings. The number of amides is 1. The maximum absolute atomic E-state index is 12.1. The molecule has 0 bridgehead atoms. The van der Waals surface area contributed by atoms with Crippen LogP contribution in [0.3, 0.4) is 0 Å². The van der Waals surface area contributed by atoms with Crippen molar-refractivity contribution in [3.05, 3.63) is 65.2 Å². The maximum Gasteiger partial charge on any atom is 0.230 e. The van der Waals surface area contributed by atoms with Crippen LogP contribution in [0.15, 0.2) is 48.5 Å². The third kappa shape index (κ3) is 4.78. The third-order valence-corrected chi connectivity index (χ3v) is 5.05. The van der Waals surface area contributed by atoms with E-state index in [1.54, 1.807) is 11.8 Å². The smallest absolute Gasteiger partial charge is 0.230 e. The lowest BCUT2D eigenvalue weighted by Crippen LogP contribution is -2.35. The lowest BCUT2D eigenvalue weighted by Gasteiger charge is -2.14. The number of ether oxygens (including phenoxy) is 1. The molecule has 1 atom stereocenters. The number of benzene rings is 2. The van der Waals surface area contributed by atoms with Crippen molar-refractivity contribution in [1.82, 2.24) is 5.32 Å². The summed E-state index contributed by atoms with van der Waals surface area (Å²) in [6.07, 6.45) is 1.84. The monoisotopic (exact) mass is 341 g/mol. The molecule has 3 rings (SSSR count). The van der Waals surface area contributed by atoms with E-state index in [0.29, 0.717) is 5.75 Å². The Morgan fingerprint density at radius 2 is 2.04 bits per heavy atom. The molecule has 3 nitrogen and oxygen atoms in total. The van der Waals surface area contributed by atoms with Crippen molar-refractivity contribution < 1.29 is 9.53 Å². The van der Waals surface area contributed by atoms with Crippen molar-refractivity contribution in [3.8, 4) is 5.75 Å². The minimum atomic E-state index is 0.105. The van der Waals surface area contributed by atoms with Gasteiger partial charge in [0.2, 0.25) is 5.91 Å². The molecule has 0 spiro atoms. The van der Waals surface area contributed by atoms with E-state index >= 15 is 0 Å². The van der Waals surface area contributed by atoms with Crippen LogP contribution >= 0.6 is 11.8 Å². The number of rotatable bonds is 7. The van der Waals surface area contributed by atoms with Gasteiger partial charge in [0, 0.05) is 18.2 Å². The van der Waals surface area contributed by atoms with Gasteiger partial charge in [0.1, 0.15) is 5.75 Å². The lowest BCUT2D eigenvalue weighted by molar-refractivity contribution is -0.119. The zero-order valence-corrected chi connectivity index (χ0v) is 14.8. The van der Waals surface area contributed by atoms with Crippen LogP contribution in [0.4, 0.5) is 0 Å². The second-order valence-corrected chi connectivity index (χ2v) is 7.18. The number of thioether (sulfide) groups is 1. The molecule has 0 radical (unpaired) electrons. The summed E-state index contributed by atoms with van der Waals surface area (Å²) < 4.78 is 5.53. The molecule has 2 aromatic rings. The summed E-state index contributed by atoms with van der Waals surface area (Å²) in [5, 5.41) is 3.09. The number of carbonyl (C=O) groups excluding carboxylic acids is 1. The van der Waals surface area contributed by atoms with E-state index in [2.05, 4.69) is 36.5 Å². The SMILES string of the molecule is CC(Cc1ccc2c(c1)CCO2)NC(=O)CSCc1ccccc1. The molecule has 126 valence electrons. The van der Waals surface area contributed by atoms with Crippen molar-refractivity contribution in [3.63, 3.8) is 0 Å². The average molecular weight is 341 g/mol. The van der Waals surface area contributed by atoms with Crippen LogP contribution in [-0.4, -0.2) is 24.3 Å². The molecule has 4 heteroatoms. The van der Waals surface area contributed by atoms with Gasteiger partial charge in [0.25, 0.3) is 0 Å². The van der Waals surface area contributed by atoms with Crippen LogP contribution in [-0.2, 0) is 23.4 Å². The van der Waals surface area contributed by atoms with Crippen LogP contribution in [0.1, 0.15) is 23.6 Å². The Hall–Kier alpha value is -1.94. The largest absolute Gasteiger partial charge is 0.493 e. The number of hydrogen-bond acceptors (Lipinski definition) is 3. The summed E-state index contributed by atoms with van der Waals surface area (Å²) in [5.74, 6) is 2.48. The molecule has 1 aliphatic heterocycles. The minimum absolute atomic E-state index is 0.105. The van der Waals surface area contributed by atoms with E-state index in [9.17, 15) is 4.79 Å². The average Bonchev–Trinajstić information content (AvgIpc) is 3.03. The first-order valence-corrected chi connectivity index (χ1v) is 9.52. The highest BCUT2D eigenvalue weighted by Gasteiger charge is 2.14. The van der Waals surface area contributed by atoms with Crippen molar-refractivity contribution >= 4 is 17.7 Å². The Labute approximate surface area is 147 Å². The summed E-state index contributed by atoms with van der Waals surface area (Å²) >= 11 is 1.65. The number of nitrogens with one attached hydrogen (secondary N) is 1. The topological polar surface area (TPSA) is 38.3 Å². The van der Waals surface area contributed by atoms with E-state index in [4.69, 9.17) is 4.74 Å². The first kappa shape index (κ1) is 16.9. The zero-order valence-electron chi connectivity index (χ0n) is 14.0. The van der Waals surface area contributed by atoms with E-state index in [1.807, 2.05) is 24.3 Å². The predicted octanol–water partition coefficient (Wildman–Crippen LogP) is 3.60. The van der Waals surface area contributed by atoms with Gasteiger partial charge in [-0.2, -0.15) is 0 Å². The van der Waals surface area contributed by atoms with Gasteiger partial charge in [-0.1, -0.05) is 42.5 Å². The van der Waals surface area contributed by atoms with E-state index in [1.165, 1.54) is 16.7 Å². The molecule has 0 saturated carbocycles. The molecule has 1 amide bonds. The molecule has 1 heterocycles. The molecular formula is C20H23NO2S. The Bertz CT molecular complexity index is 687. The molecule has 0 aromatic heterocycles. The molecule has 1 N–H and O–H groups in total. The molecule has 0 saturated heterocycles. The van der Waals surface area contributed by atoms with Crippen LogP contribution in [0.2, 0.25) is 0 Å². The first-order chi connectivity index (χ1) is 11.7. The molecule has 0 aliphatic carbocycles. The van der Waals surface area contributed by atoms with Crippen LogP contribution in [0.5, 0.6) is 5.75 Å². The Morgan fingerprint density at radius 3 is 2.88 bits per heavy atom. The third-order valence-electron chi connectivity index (χ3n) is 4.05. The molecule has 1 unspecified atom stereocenters. The van der Waals surface area contributed by atoms with E-state index in [-0.39, 0.29) is 11.9 Å². The fourth-order valence-corrected chi connectivity index (χ4v) is 3.72. The molecular weight excluding hydrogens is 318 g/mol. The number of carbonyl (C=O) groups is 1. The van der Waals surface area contributed by atoms with Gasteiger partial charge < -0.3 is 10.1 Å². The van der Waals surface area contributed by atoms with Crippen LogP contribution < -0.4 is 10.1 Å². The van der Waals surface area contributed by atoms with Crippen molar-refractivity contribution in [1.29, 1.82) is 0 Å². The van der Waals surface area contributed by atoms with Gasteiger partial charge >= 0.3 is 0 Å². The summed E-state index contributed by atoms with van der Waals surface area (Å²) in [6, 6.07) is 16.7. The zero-order chi connectivity index (χ0) is 16.8. The van der Waals surface area contributed by atoms with Crippen LogP contribution in [0, 0.1) is 0 Å². The molecule has 0 fully saturated rings. The minimum Gasteiger partial charge on any atom is -0.493 e. The second-order valence-electron chi connectivity index (χ2n) is 6.19. The molecule has 24 heavy (non-hydrogen) atoms. The van der Waals surface area contributed by atoms with Crippen molar-refractivity contribution in [2.45, 2.75) is 31.6 Å². The van der Waals surface area contributed by atoms with Crippen LogP contribution in [0.25, 0.3) is 0 Å². The highest BCUT2D eigenvalue weighted by molar-refractivity contribution is 7.99. The predicted molar refractivity (Wildman–Crippen MR) is 99.6 cm³/mol. The fraction of sp³-hybridized carbons (Fsp3) is 0.350. The van der Waals surface area contributed by atoms with Gasteiger partial charge in [-0.15, -0.1) is 11.8 Å². The maximum atomic E-state index is 12.1. The van der Waals surface area contributed by atoms with Gasteiger partial charge in [0.15, 0.2) is 0 Å². The normalized spacial score (nSPS) is 13.9. The Balaban J connectivity index is 1.41. The van der Waals surface area contributed by atoms with E-state index < -0.39 is 0 Å².